The predicted octanol–water partition coefficient (Wildman–Crippen LogP) is 2.25. The molecule has 2 rings (SSSR count). The summed E-state index contributed by atoms with van der Waals surface area (Å²) in [6.07, 6.45) is 3.47. The largest absolute Gasteiger partial charge is 0.378 e. The normalized spacial score (nSPS) is 19.3. The fraction of sp³-hybridized carbons (Fsp3) is 0.733. The molecule has 1 aromatic rings. The molecule has 19 heavy (non-hydrogen) atoms. The van der Waals surface area contributed by atoms with Crippen LogP contribution < -0.4 is 5.32 Å². The minimum atomic E-state index is 0.318. The fourth-order valence-corrected chi connectivity index (χ4v) is 2.38. The van der Waals surface area contributed by atoms with Gasteiger partial charge in [0.05, 0.1) is 11.8 Å². The van der Waals surface area contributed by atoms with Gasteiger partial charge in [-0.15, -0.1) is 0 Å². The van der Waals surface area contributed by atoms with Gasteiger partial charge >= 0.3 is 0 Å². The molecule has 1 N–H and O–H groups in total. The molecule has 1 fully saturated rings. The molecule has 0 amide bonds. The van der Waals surface area contributed by atoms with Crippen LogP contribution in [0, 0.1) is 12.8 Å². The Labute approximate surface area is 116 Å². The number of aryl methyl sites for hydroxylation is 1. The zero-order valence-electron chi connectivity index (χ0n) is 12.3. The molecule has 0 saturated carbocycles. The van der Waals surface area contributed by atoms with Crippen LogP contribution in [-0.2, 0) is 17.7 Å². The molecular weight excluding hydrogens is 238 g/mol. The Balaban J connectivity index is 1.93. The van der Waals surface area contributed by atoms with E-state index in [1.807, 2.05) is 6.92 Å². The van der Waals surface area contributed by atoms with Crippen LogP contribution in [0.1, 0.15) is 43.9 Å². The van der Waals surface area contributed by atoms with E-state index in [0.29, 0.717) is 12.0 Å². The number of nitrogens with zero attached hydrogens (tertiary/aromatic N) is 2. The number of rotatable bonds is 6. The molecule has 0 aliphatic carbocycles. The highest BCUT2D eigenvalue weighted by Gasteiger charge is 2.17. The second-order valence-electron chi connectivity index (χ2n) is 5.78. The summed E-state index contributed by atoms with van der Waals surface area (Å²) >= 11 is 0. The van der Waals surface area contributed by atoms with Gasteiger partial charge < -0.3 is 10.1 Å². The number of ether oxygens (including phenoxy) is 1. The fourth-order valence-electron chi connectivity index (χ4n) is 2.38. The second kappa shape index (κ2) is 6.96. The Morgan fingerprint density at radius 1 is 1.42 bits per heavy atom. The summed E-state index contributed by atoms with van der Waals surface area (Å²) in [7, 11) is 0. The predicted molar refractivity (Wildman–Crippen MR) is 76.0 cm³/mol. The molecule has 2 heterocycles. The third kappa shape index (κ3) is 4.88. The average molecular weight is 263 g/mol. The van der Waals surface area contributed by atoms with E-state index in [9.17, 15) is 0 Å². The van der Waals surface area contributed by atoms with Gasteiger partial charge in [0.15, 0.2) is 0 Å². The van der Waals surface area contributed by atoms with E-state index in [4.69, 9.17) is 4.74 Å². The van der Waals surface area contributed by atoms with Crippen molar-refractivity contribution in [2.45, 2.75) is 52.7 Å². The van der Waals surface area contributed by atoms with E-state index in [1.54, 1.807) is 0 Å². The Bertz CT molecular complexity index is 400. The van der Waals surface area contributed by atoms with Crippen LogP contribution in [0.5, 0.6) is 0 Å². The van der Waals surface area contributed by atoms with Gasteiger partial charge in [-0.25, -0.2) is 9.97 Å². The quantitative estimate of drug-likeness (QED) is 0.855. The van der Waals surface area contributed by atoms with E-state index in [-0.39, 0.29) is 0 Å². The first-order chi connectivity index (χ1) is 9.13. The summed E-state index contributed by atoms with van der Waals surface area (Å²) in [5.41, 5.74) is 2.13. The third-order valence-corrected chi connectivity index (χ3v) is 3.25. The highest BCUT2D eigenvalue weighted by molar-refractivity contribution is 5.10. The molecule has 4 nitrogen and oxygen atoms in total. The molecule has 0 radical (unpaired) electrons. The molecule has 1 atom stereocenters. The van der Waals surface area contributed by atoms with E-state index in [0.717, 1.165) is 49.8 Å². The lowest BCUT2D eigenvalue weighted by molar-refractivity contribution is 0.110. The van der Waals surface area contributed by atoms with Crippen molar-refractivity contribution in [2.24, 2.45) is 5.92 Å². The maximum Gasteiger partial charge on any atom is 0.131 e. The number of nitrogens with one attached hydrogen (secondary N) is 1. The topological polar surface area (TPSA) is 47.0 Å². The number of aromatic nitrogens is 2. The van der Waals surface area contributed by atoms with Crippen molar-refractivity contribution in [1.82, 2.24) is 15.3 Å². The van der Waals surface area contributed by atoms with Gasteiger partial charge in [-0.2, -0.15) is 0 Å². The van der Waals surface area contributed by atoms with Gasteiger partial charge in [-0.1, -0.05) is 13.8 Å². The van der Waals surface area contributed by atoms with Crippen LogP contribution in [0.2, 0.25) is 0 Å². The first-order valence-corrected chi connectivity index (χ1v) is 7.29. The smallest absolute Gasteiger partial charge is 0.131 e. The van der Waals surface area contributed by atoms with Gasteiger partial charge in [0.25, 0.3) is 0 Å². The molecular formula is C15H25N3O. The molecule has 0 aromatic carbocycles. The Hall–Kier alpha value is -1.00. The van der Waals surface area contributed by atoms with Crippen molar-refractivity contribution in [1.29, 1.82) is 0 Å². The lowest BCUT2D eigenvalue weighted by Gasteiger charge is -2.11. The van der Waals surface area contributed by atoms with Crippen LogP contribution in [0.25, 0.3) is 0 Å². The van der Waals surface area contributed by atoms with Crippen LogP contribution in [-0.4, -0.2) is 29.2 Å². The summed E-state index contributed by atoms with van der Waals surface area (Å²) in [4.78, 5) is 9.16. The van der Waals surface area contributed by atoms with Crippen molar-refractivity contribution in [3.05, 3.63) is 23.3 Å². The SMILES string of the molecule is Cc1cc(CNCC(C)C)nc(CC2CCCO2)n1. The summed E-state index contributed by atoms with van der Waals surface area (Å²) in [5, 5.41) is 3.43. The minimum Gasteiger partial charge on any atom is -0.378 e. The molecule has 1 aliphatic heterocycles. The van der Waals surface area contributed by atoms with E-state index in [2.05, 4.69) is 35.2 Å². The van der Waals surface area contributed by atoms with E-state index < -0.39 is 0 Å². The van der Waals surface area contributed by atoms with Crippen LogP contribution in [0.4, 0.5) is 0 Å². The van der Waals surface area contributed by atoms with Crippen molar-refractivity contribution in [3.8, 4) is 0 Å². The highest BCUT2D eigenvalue weighted by atomic mass is 16.5. The molecule has 0 bridgehead atoms. The van der Waals surface area contributed by atoms with Crippen molar-refractivity contribution in [2.75, 3.05) is 13.2 Å². The van der Waals surface area contributed by atoms with Gasteiger partial charge in [-0.3, -0.25) is 0 Å². The molecule has 106 valence electrons. The summed E-state index contributed by atoms with van der Waals surface area (Å²) in [5.74, 6) is 1.59. The molecule has 1 aliphatic rings. The average Bonchev–Trinajstić information content (AvgIpc) is 2.80. The van der Waals surface area contributed by atoms with Gasteiger partial charge in [0.2, 0.25) is 0 Å². The molecule has 1 unspecified atom stereocenters. The molecule has 1 saturated heterocycles. The lowest BCUT2D eigenvalue weighted by atomic mass is 10.1. The first-order valence-electron chi connectivity index (χ1n) is 7.29. The highest BCUT2D eigenvalue weighted by Crippen LogP contribution is 2.15. The van der Waals surface area contributed by atoms with Gasteiger partial charge in [0.1, 0.15) is 5.82 Å². The van der Waals surface area contributed by atoms with Crippen LogP contribution in [0.15, 0.2) is 6.07 Å². The third-order valence-electron chi connectivity index (χ3n) is 3.25. The van der Waals surface area contributed by atoms with E-state index >= 15 is 0 Å². The monoisotopic (exact) mass is 263 g/mol. The molecule has 1 aromatic heterocycles. The lowest BCUT2D eigenvalue weighted by Crippen LogP contribution is -2.21. The molecule has 0 spiro atoms. The van der Waals surface area contributed by atoms with Crippen molar-refractivity contribution < 1.29 is 4.74 Å². The van der Waals surface area contributed by atoms with Crippen LogP contribution >= 0.6 is 0 Å². The second-order valence-corrected chi connectivity index (χ2v) is 5.78. The molecule has 4 heteroatoms. The zero-order chi connectivity index (χ0) is 13.7. The number of hydrogen-bond donors (Lipinski definition) is 1. The van der Waals surface area contributed by atoms with Gasteiger partial charge in [0, 0.05) is 25.3 Å². The van der Waals surface area contributed by atoms with Crippen molar-refractivity contribution in [3.63, 3.8) is 0 Å². The summed E-state index contributed by atoms with van der Waals surface area (Å²) in [6.45, 7) is 9.18. The van der Waals surface area contributed by atoms with Gasteiger partial charge in [-0.05, 0) is 38.3 Å². The Kier molecular flexibility index (Phi) is 5.28. The number of hydrogen-bond acceptors (Lipinski definition) is 4. The first kappa shape index (κ1) is 14.4. The minimum absolute atomic E-state index is 0.318. The van der Waals surface area contributed by atoms with Crippen LogP contribution in [0.3, 0.4) is 0 Å². The van der Waals surface area contributed by atoms with E-state index in [1.165, 1.54) is 6.42 Å². The summed E-state index contributed by atoms with van der Waals surface area (Å²) < 4.78 is 5.65. The van der Waals surface area contributed by atoms with Crippen molar-refractivity contribution >= 4 is 0 Å². The Morgan fingerprint density at radius 3 is 2.95 bits per heavy atom. The zero-order valence-corrected chi connectivity index (χ0v) is 12.3. The maximum atomic E-state index is 5.65. The summed E-state index contributed by atoms with van der Waals surface area (Å²) in [6, 6.07) is 2.06. The Morgan fingerprint density at radius 2 is 2.26 bits per heavy atom. The maximum absolute atomic E-state index is 5.65. The standard InChI is InChI=1S/C15H25N3O/c1-11(2)9-16-10-13-7-12(3)17-15(18-13)8-14-5-4-6-19-14/h7,11,14,16H,4-6,8-10H2,1-3H3.